The first-order valence-electron chi connectivity index (χ1n) is 10.0. The molecular formula is C24H18FN3O2S2. The van der Waals surface area contributed by atoms with Gasteiger partial charge in [0.15, 0.2) is 5.16 Å². The molecular weight excluding hydrogens is 445 g/mol. The second-order valence-electron chi connectivity index (χ2n) is 7.32. The number of hydrogen-bond donors (Lipinski definition) is 1. The van der Waals surface area contributed by atoms with Gasteiger partial charge in [0, 0.05) is 22.0 Å². The first kappa shape index (κ1) is 20.8. The van der Waals surface area contributed by atoms with Crippen LogP contribution in [0.15, 0.2) is 87.6 Å². The third kappa shape index (κ3) is 4.03. The molecule has 1 amide bonds. The fourth-order valence-corrected chi connectivity index (χ4v) is 5.97. The van der Waals surface area contributed by atoms with Gasteiger partial charge in [0.1, 0.15) is 5.82 Å². The Hall–Kier alpha value is -3.10. The molecule has 1 aliphatic rings. The van der Waals surface area contributed by atoms with Crippen LogP contribution in [0, 0.1) is 5.82 Å². The number of nitrogens with one attached hydrogen (secondary N) is 1. The number of halogens is 1. The summed E-state index contributed by atoms with van der Waals surface area (Å²) in [5.74, 6) is 0.760. The third-order valence-corrected chi connectivity index (χ3v) is 7.53. The van der Waals surface area contributed by atoms with Crippen LogP contribution in [0.3, 0.4) is 0 Å². The first-order chi connectivity index (χ1) is 15.6. The third-order valence-electron chi connectivity index (χ3n) is 5.22. The van der Waals surface area contributed by atoms with Crippen molar-refractivity contribution in [2.45, 2.75) is 16.1 Å². The Balaban J connectivity index is 1.35. The molecule has 0 aliphatic carbocycles. The van der Waals surface area contributed by atoms with Gasteiger partial charge in [-0.25, -0.2) is 9.37 Å². The van der Waals surface area contributed by atoms with Crippen LogP contribution in [0.1, 0.15) is 16.4 Å². The summed E-state index contributed by atoms with van der Waals surface area (Å²) in [6, 6.07) is 20.4. The van der Waals surface area contributed by atoms with Crippen molar-refractivity contribution in [3.05, 3.63) is 94.5 Å². The van der Waals surface area contributed by atoms with Crippen molar-refractivity contribution in [2.75, 3.05) is 16.8 Å². The maximum Gasteiger partial charge on any atom is 0.262 e. The molecule has 4 aromatic rings. The summed E-state index contributed by atoms with van der Waals surface area (Å²) in [6.45, 7) is 0. The second kappa shape index (κ2) is 8.80. The first-order valence-corrected chi connectivity index (χ1v) is 12.0. The average molecular weight is 464 g/mol. The Morgan fingerprint density at radius 3 is 2.69 bits per heavy atom. The van der Waals surface area contributed by atoms with Crippen molar-refractivity contribution in [2.24, 2.45) is 0 Å². The largest absolute Gasteiger partial charge is 0.321 e. The van der Waals surface area contributed by atoms with Crippen molar-refractivity contribution < 1.29 is 9.18 Å². The van der Waals surface area contributed by atoms with Crippen molar-refractivity contribution >= 4 is 46.0 Å². The van der Waals surface area contributed by atoms with Gasteiger partial charge >= 0.3 is 0 Å². The van der Waals surface area contributed by atoms with Crippen LogP contribution in [0.25, 0.3) is 10.9 Å². The number of fused-ring (bicyclic) bond motifs is 2. The molecule has 1 aromatic heterocycles. The summed E-state index contributed by atoms with van der Waals surface area (Å²) >= 11 is 3.18. The van der Waals surface area contributed by atoms with Crippen LogP contribution in [-0.4, -0.2) is 27.0 Å². The van der Waals surface area contributed by atoms with Crippen LogP contribution in [0.2, 0.25) is 0 Å². The number of thioether (sulfide) groups is 2. The molecule has 0 fully saturated rings. The molecule has 5 nitrogen and oxygen atoms in total. The zero-order valence-electron chi connectivity index (χ0n) is 16.8. The van der Waals surface area contributed by atoms with E-state index in [1.165, 1.54) is 24.3 Å². The molecule has 1 N–H and O–H groups in total. The molecule has 0 radical (unpaired) electrons. The number of aromatic nitrogens is 2. The van der Waals surface area contributed by atoms with Gasteiger partial charge in [0.2, 0.25) is 0 Å². The van der Waals surface area contributed by atoms with Crippen LogP contribution in [-0.2, 0) is 0 Å². The molecule has 8 heteroatoms. The lowest BCUT2D eigenvalue weighted by Crippen LogP contribution is -2.26. The van der Waals surface area contributed by atoms with E-state index in [0.29, 0.717) is 22.4 Å². The highest BCUT2D eigenvalue weighted by Crippen LogP contribution is 2.36. The number of anilines is 1. The Kier molecular flexibility index (Phi) is 5.71. The number of hydrogen-bond acceptors (Lipinski definition) is 5. The lowest BCUT2D eigenvalue weighted by molar-refractivity contribution is 0.102. The predicted octanol–water partition coefficient (Wildman–Crippen LogP) is 5.23. The number of carbonyl (C=O) groups is 1. The van der Waals surface area contributed by atoms with Crippen LogP contribution >= 0.6 is 23.5 Å². The van der Waals surface area contributed by atoms with Crippen LogP contribution < -0.4 is 10.9 Å². The van der Waals surface area contributed by atoms with E-state index in [-0.39, 0.29) is 23.3 Å². The fourth-order valence-electron chi connectivity index (χ4n) is 3.59. The molecule has 1 atom stereocenters. The molecule has 3 aromatic carbocycles. The van der Waals surface area contributed by atoms with E-state index >= 15 is 0 Å². The summed E-state index contributed by atoms with van der Waals surface area (Å²) < 4.78 is 14.9. The van der Waals surface area contributed by atoms with Gasteiger partial charge in [-0.1, -0.05) is 36.0 Å². The van der Waals surface area contributed by atoms with Gasteiger partial charge in [-0.05, 0) is 48.5 Å². The number of nitrogens with zero attached hydrogens (tertiary/aromatic N) is 2. The Morgan fingerprint density at radius 1 is 1.09 bits per heavy atom. The van der Waals surface area contributed by atoms with E-state index in [4.69, 9.17) is 0 Å². The molecule has 0 bridgehead atoms. The van der Waals surface area contributed by atoms with Crippen molar-refractivity contribution in [1.29, 1.82) is 0 Å². The fraction of sp³-hybridized carbons (Fsp3) is 0.125. The molecule has 1 unspecified atom stereocenters. The predicted molar refractivity (Wildman–Crippen MR) is 127 cm³/mol. The Morgan fingerprint density at radius 2 is 1.84 bits per heavy atom. The topological polar surface area (TPSA) is 64.0 Å². The lowest BCUT2D eigenvalue weighted by atomic mass is 10.2. The maximum atomic E-state index is 13.1. The summed E-state index contributed by atoms with van der Waals surface area (Å²) in [5, 5.41) is 4.28. The van der Waals surface area contributed by atoms with E-state index in [1.807, 2.05) is 48.5 Å². The van der Waals surface area contributed by atoms with Crippen molar-refractivity contribution in [3.63, 3.8) is 0 Å². The molecule has 160 valence electrons. The summed E-state index contributed by atoms with van der Waals surface area (Å²) in [6.07, 6.45) is 0. The second-order valence-corrected chi connectivity index (χ2v) is 9.37. The van der Waals surface area contributed by atoms with E-state index in [2.05, 4.69) is 10.3 Å². The van der Waals surface area contributed by atoms with E-state index in [9.17, 15) is 14.0 Å². The maximum absolute atomic E-state index is 13.1. The number of carbonyl (C=O) groups excluding carboxylic acids is 1. The molecule has 5 rings (SSSR count). The number of amides is 1. The monoisotopic (exact) mass is 463 g/mol. The SMILES string of the molecule is O=C(Nc1ccccc1SCC1CSc2nc3ccccc3c(=O)n21)c1ccc(F)cc1. The quantitative estimate of drug-likeness (QED) is 0.324. The lowest BCUT2D eigenvalue weighted by Gasteiger charge is -2.15. The van der Waals surface area contributed by atoms with Gasteiger partial charge < -0.3 is 5.32 Å². The molecule has 0 saturated heterocycles. The standard InChI is InChI=1S/C24H18FN3O2S2/c25-16-11-9-15(10-12-16)22(29)26-20-7-3-4-8-21(20)31-13-17-14-32-24-27-19-6-2-1-5-18(19)23(30)28(17)24/h1-12,17H,13-14H2,(H,26,29). The minimum Gasteiger partial charge on any atom is -0.321 e. The zero-order valence-corrected chi connectivity index (χ0v) is 18.5. The summed E-state index contributed by atoms with van der Waals surface area (Å²) in [5.41, 5.74) is 1.77. The number of benzene rings is 3. The number of para-hydroxylation sites is 2. The highest BCUT2D eigenvalue weighted by Gasteiger charge is 2.26. The molecule has 2 heterocycles. The molecule has 0 spiro atoms. The van der Waals surface area contributed by atoms with Gasteiger partial charge in [0.05, 0.1) is 22.6 Å². The highest BCUT2D eigenvalue weighted by atomic mass is 32.2. The summed E-state index contributed by atoms with van der Waals surface area (Å²) in [4.78, 5) is 31.2. The van der Waals surface area contributed by atoms with E-state index in [1.54, 1.807) is 28.1 Å². The summed E-state index contributed by atoms with van der Waals surface area (Å²) in [7, 11) is 0. The van der Waals surface area contributed by atoms with Gasteiger partial charge in [0.25, 0.3) is 11.5 Å². The minimum atomic E-state index is -0.385. The average Bonchev–Trinajstić information content (AvgIpc) is 3.22. The Labute approximate surface area is 192 Å². The molecule has 0 saturated carbocycles. The van der Waals surface area contributed by atoms with Crippen LogP contribution in [0.4, 0.5) is 10.1 Å². The minimum absolute atomic E-state index is 0.00506. The molecule has 32 heavy (non-hydrogen) atoms. The highest BCUT2D eigenvalue weighted by molar-refractivity contribution is 8.00. The van der Waals surface area contributed by atoms with E-state index in [0.717, 1.165) is 21.3 Å². The van der Waals surface area contributed by atoms with Gasteiger partial charge in [-0.2, -0.15) is 0 Å². The molecule has 1 aliphatic heterocycles. The normalized spacial score (nSPS) is 15.0. The van der Waals surface area contributed by atoms with Crippen LogP contribution in [0.5, 0.6) is 0 Å². The Bertz CT molecular complexity index is 1370. The number of rotatable bonds is 5. The zero-order chi connectivity index (χ0) is 22.1. The smallest absolute Gasteiger partial charge is 0.262 e. The van der Waals surface area contributed by atoms with Gasteiger partial charge in [-0.3, -0.25) is 14.2 Å². The van der Waals surface area contributed by atoms with Crippen molar-refractivity contribution in [3.8, 4) is 0 Å². The van der Waals surface area contributed by atoms with Gasteiger partial charge in [-0.15, -0.1) is 11.8 Å². The van der Waals surface area contributed by atoms with E-state index < -0.39 is 0 Å². The van der Waals surface area contributed by atoms with Crippen molar-refractivity contribution in [1.82, 2.24) is 9.55 Å².